The van der Waals surface area contributed by atoms with Gasteiger partial charge in [-0.3, -0.25) is 19.7 Å². The molecule has 1 saturated heterocycles. The number of nitrogens with one attached hydrogen (secondary N) is 1. The quantitative estimate of drug-likeness (QED) is 0.654. The van der Waals surface area contributed by atoms with Gasteiger partial charge in [0.05, 0.1) is 18.1 Å². The summed E-state index contributed by atoms with van der Waals surface area (Å²) in [5, 5.41) is 13.8. The zero-order valence-electron chi connectivity index (χ0n) is 14.0. The third-order valence-electron chi connectivity index (χ3n) is 4.17. The highest BCUT2D eigenvalue weighted by Crippen LogP contribution is 2.26. The van der Waals surface area contributed by atoms with E-state index in [2.05, 4.69) is 5.32 Å². The van der Waals surface area contributed by atoms with Crippen molar-refractivity contribution in [2.45, 2.75) is 12.5 Å². The molecule has 8 nitrogen and oxygen atoms in total. The van der Waals surface area contributed by atoms with Crippen LogP contribution in [0.15, 0.2) is 48.5 Å². The first-order chi connectivity index (χ1) is 12.5. The summed E-state index contributed by atoms with van der Waals surface area (Å²) in [6.07, 6.45) is 0.129. The van der Waals surface area contributed by atoms with Gasteiger partial charge in [-0.15, -0.1) is 0 Å². The van der Waals surface area contributed by atoms with Crippen LogP contribution in [-0.4, -0.2) is 36.4 Å². The van der Waals surface area contributed by atoms with Crippen molar-refractivity contribution in [3.05, 3.63) is 64.2 Å². The zero-order valence-corrected chi connectivity index (χ0v) is 14.0. The molecule has 1 atom stereocenters. The molecular formula is C18H17N3O5. The average molecular weight is 355 g/mol. The Kier molecular flexibility index (Phi) is 4.83. The highest BCUT2D eigenvalue weighted by Gasteiger charge is 2.33. The molecule has 0 aliphatic carbocycles. The van der Waals surface area contributed by atoms with Crippen LogP contribution in [0.5, 0.6) is 5.75 Å². The average Bonchev–Trinajstić information content (AvgIpc) is 3.01. The van der Waals surface area contributed by atoms with Crippen LogP contribution in [0.2, 0.25) is 0 Å². The topological polar surface area (TPSA) is 102 Å². The Bertz CT molecular complexity index is 867. The summed E-state index contributed by atoms with van der Waals surface area (Å²) in [6.45, 7) is 0.290. The second-order valence-corrected chi connectivity index (χ2v) is 5.85. The maximum atomic E-state index is 12.4. The number of amides is 2. The molecule has 1 N–H and O–H groups in total. The molecule has 0 aromatic heterocycles. The zero-order chi connectivity index (χ0) is 18.7. The molecule has 0 bridgehead atoms. The Morgan fingerprint density at radius 1 is 1.27 bits per heavy atom. The fourth-order valence-electron chi connectivity index (χ4n) is 2.92. The number of nitrogens with zero attached hydrogens (tertiary/aromatic N) is 2. The summed E-state index contributed by atoms with van der Waals surface area (Å²) in [5.74, 6) is -0.0728. The first-order valence-electron chi connectivity index (χ1n) is 7.98. The number of nitro groups is 1. The van der Waals surface area contributed by atoms with E-state index in [1.165, 1.54) is 18.2 Å². The lowest BCUT2D eigenvalue weighted by atomic mass is 10.1. The molecule has 26 heavy (non-hydrogen) atoms. The summed E-state index contributed by atoms with van der Waals surface area (Å²) in [4.78, 5) is 36.7. The maximum absolute atomic E-state index is 12.4. The predicted octanol–water partition coefficient (Wildman–Crippen LogP) is 2.14. The van der Waals surface area contributed by atoms with E-state index in [0.717, 1.165) is 0 Å². The fourth-order valence-corrected chi connectivity index (χ4v) is 2.92. The second-order valence-electron chi connectivity index (χ2n) is 5.85. The highest BCUT2D eigenvalue weighted by atomic mass is 16.6. The number of hydrogen-bond donors (Lipinski definition) is 1. The Labute approximate surface area is 149 Å². The first-order valence-corrected chi connectivity index (χ1v) is 7.98. The molecule has 0 saturated carbocycles. The van der Waals surface area contributed by atoms with Crippen LogP contribution >= 0.6 is 0 Å². The van der Waals surface area contributed by atoms with Crippen molar-refractivity contribution < 1.29 is 19.2 Å². The Hall–Kier alpha value is -3.42. The van der Waals surface area contributed by atoms with Crippen LogP contribution < -0.4 is 15.0 Å². The van der Waals surface area contributed by atoms with Crippen molar-refractivity contribution in [2.24, 2.45) is 0 Å². The monoisotopic (exact) mass is 355 g/mol. The molecule has 2 aromatic carbocycles. The molecule has 134 valence electrons. The van der Waals surface area contributed by atoms with Crippen LogP contribution in [0.4, 0.5) is 11.4 Å². The van der Waals surface area contributed by atoms with Gasteiger partial charge in [-0.25, -0.2) is 0 Å². The minimum Gasteiger partial charge on any atom is -0.497 e. The number of benzene rings is 2. The van der Waals surface area contributed by atoms with Crippen molar-refractivity contribution in [1.29, 1.82) is 0 Å². The molecule has 0 radical (unpaired) electrons. The molecule has 3 rings (SSSR count). The lowest BCUT2D eigenvalue weighted by Crippen LogP contribution is -2.37. The number of methoxy groups -OCH3 is 1. The molecule has 1 aliphatic rings. The molecular weight excluding hydrogens is 338 g/mol. The van der Waals surface area contributed by atoms with Crippen molar-refractivity contribution >= 4 is 23.2 Å². The van der Waals surface area contributed by atoms with Gasteiger partial charge in [0.25, 0.3) is 11.6 Å². The minimum absolute atomic E-state index is 0.0234. The molecule has 0 unspecified atom stereocenters. The van der Waals surface area contributed by atoms with Gasteiger partial charge in [0.15, 0.2) is 0 Å². The SMILES string of the molecule is COc1cccc(N2C[C@H](NC(=O)c3ccccc3[N+](=O)[O-])CC2=O)c1. The van der Waals surface area contributed by atoms with Gasteiger partial charge in [0.1, 0.15) is 11.3 Å². The number of carbonyl (C=O) groups excluding carboxylic acids is 2. The number of rotatable bonds is 5. The molecule has 1 fully saturated rings. The van der Waals surface area contributed by atoms with E-state index >= 15 is 0 Å². The van der Waals surface area contributed by atoms with E-state index in [-0.39, 0.29) is 23.6 Å². The summed E-state index contributed by atoms with van der Waals surface area (Å²) in [6, 6.07) is 12.4. The normalized spacial score (nSPS) is 16.4. The van der Waals surface area contributed by atoms with Crippen molar-refractivity contribution in [3.63, 3.8) is 0 Å². The summed E-state index contributed by atoms with van der Waals surface area (Å²) in [5.41, 5.74) is 0.389. The standard InChI is InChI=1S/C18H17N3O5/c1-26-14-6-4-5-13(10-14)20-11-12(9-17(20)22)19-18(23)15-7-2-3-8-16(15)21(24)25/h2-8,10,12H,9,11H2,1H3,(H,19,23)/t12-/m1/s1. The second kappa shape index (κ2) is 7.22. The van der Waals surface area contributed by atoms with E-state index in [9.17, 15) is 19.7 Å². The Morgan fingerprint density at radius 2 is 2.04 bits per heavy atom. The fraction of sp³-hybridized carbons (Fsp3) is 0.222. The van der Waals surface area contributed by atoms with Gasteiger partial charge in [-0.2, -0.15) is 0 Å². The first kappa shape index (κ1) is 17.4. The number of carbonyl (C=O) groups is 2. The molecule has 2 amide bonds. The summed E-state index contributed by atoms with van der Waals surface area (Å²) in [7, 11) is 1.54. The summed E-state index contributed by atoms with van der Waals surface area (Å²) < 4.78 is 5.16. The Balaban J connectivity index is 1.73. The maximum Gasteiger partial charge on any atom is 0.282 e. The number of anilines is 1. The smallest absolute Gasteiger partial charge is 0.282 e. The molecule has 1 aliphatic heterocycles. The van der Waals surface area contributed by atoms with Gasteiger partial charge in [-0.1, -0.05) is 18.2 Å². The third-order valence-corrected chi connectivity index (χ3v) is 4.17. The number of para-hydroxylation sites is 1. The van der Waals surface area contributed by atoms with Gasteiger partial charge in [0.2, 0.25) is 5.91 Å². The van der Waals surface area contributed by atoms with Crippen LogP contribution in [0, 0.1) is 10.1 Å². The van der Waals surface area contributed by atoms with Crippen molar-refractivity contribution in [1.82, 2.24) is 5.32 Å². The predicted molar refractivity (Wildman–Crippen MR) is 94.3 cm³/mol. The van der Waals surface area contributed by atoms with Crippen LogP contribution in [0.1, 0.15) is 16.8 Å². The van der Waals surface area contributed by atoms with E-state index in [1.807, 2.05) is 0 Å². The number of hydrogen-bond acceptors (Lipinski definition) is 5. The number of nitro benzene ring substituents is 1. The van der Waals surface area contributed by atoms with Gasteiger partial charge < -0.3 is 15.0 Å². The number of ether oxygens (including phenoxy) is 1. The molecule has 8 heteroatoms. The Morgan fingerprint density at radius 3 is 2.77 bits per heavy atom. The van der Waals surface area contributed by atoms with E-state index in [4.69, 9.17) is 4.74 Å². The van der Waals surface area contributed by atoms with Crippen LogP contribution in [0.3, 0.4) is 0 Å². The van der Waals surface area contributed by atoms with Crippen molar-refractivity contribution in [2.75, 3.05) is 18.6 Å². The van der Waals surface area contributed by atoms with Gasteiger partial charge in [0, 0.05) is 30.8 Å². The van der Waals surface area contributed by atoms with Gasteiger partial charge >= 0.3 is 0 Å². The third kappa shape index (κ3) is 3.49. The minimum atomic E-state index is -0.600. The van der Waals surface area contributed by atoms with E-state index in [1.54, 1.807) is 42.3 Å². The lowest BCUT2D eigenvalue weighted by Gasteiger charge is -2.18. The van der Waals surface area contributed by atoms with Crippen LogP contribution in [-0.2, 0) is 4.79 Å². The van der Waals surface area contributed by atoms with Crippen molar-refractivity contribution in [3.8, 4) is 5.75 Å². The largest absolute Gasteiger partial charge is 0.497 e. The molecule has 0 spiro atoms. The van der Waals surface area contributed by atoms with E-state index in [0.29, 0.717) is 18.0 Å². The summed E-state index contributed by atoms with van der Waals surface area (Å²) >= 11 is 0. The van der Waals surface area contributed by atoms with E-state index < -0.39 is 16.9 Å². The molecule has 1 heterocycles. The van der Waals surface area contributed by atoms with Crippen LogP contribution in [0.25, 0.3) is 0 Å². The molecule has 2 aromatic rings. The van der Waals surface area contributed by atoms with Gasteiger partial charge in [-0.05, 0) is 18.2 Å². The lowest BCUT2D eigenvalue weighted by molar-refractivity contribution is -0.385. The highest BCUT2D eigenvalue weighted by molar-refractivity contribution is 6.00.